The maximum absolute atomic E-state index is 4.96. The van der Waals surface area contributed by atoms with Gasteiger partial charge in [-0.3, -0.25) is 0 Å². The summed E-state index contributed by atoms with van der Waals surface area (Å²) in [6.07, 6.45) is 2.37. The van der Waals surface area contributed by atoms with Crippen molar-refractivity contribution < 1.29 is 0 Å². The van der Waals surface area contributed by atoms with E-state index in [0.29, 0.717) is 6.04 Å². The van der Waals surface area contributed by atoms with Crippen molar-refractivity contribution in [3.63, 3.8) is 0 Å². The Morgan fingerprint density at radius 2 is 1.64 bits per heavy atom. The number of aromatic nitrogens is 2. The monoisotopic (exact) mass is 334 g/mol. The van der Waals surface area contributed by atoms with Gasteiger partial charge >= 0.3 is 0 Å². The van der Waals surface area contributed by atoms with Crippen LogP contribution in [0.3, 0.4) is 0 Å². The number of rotatable bonds is 4. The third-order valence-corrected chi connectivity index (χ3v) is 5.33. The molecule has 0 spiro atoms. The largest absolute Gasteiger partial charge is 0.330 e. The standard InChI is InChI=1S/C21H26N4/c1-24-14-12-17(13-15-24)22-20(16-8-4-3-5-9-16)21-23-18-10-6-7-11-19(18)25(21)2/h3-11,17,20,22H,12-15H2,1-2H3/t20-/m1/s1. The summed E-state index contributed by atoms with van der Waals surface area (Å²) in [7, 11) is 4.33. The average Bonchev–Trinajstić information content (AvgIpc) is 2.99. The third-order valence-electron chi connectivity index (χ3n) is 5.33. The molecule has 4 nitrogen and oxygen atoms in total. The minimum absolute atomic E-state index is 0.118. The van der Waals surface area contributed by atoms with Gasteiger partial charge in [0.2, 0.25) is 0 Å². The Bertz CT molecular complexity index is 831. The highest BCUT2D eigenvalue weighted by atomic mass is 15.1. The van der Waals surface area contributed by atoms with Crippen LogP contribution in [-0.2, 0) is 7.05 Å². The lowest BCUT2D eigenvalue weighted by molar-refractivity contribution is 0.227. The van der Waals surface area contributed by atoms with Crippen molar-refractivity contribution in [3.05, 3.63) is 66.0 Å². The van der Waals surface area contributed by atoms with E-state index in [0.717, 1.165) is 24.4 Å². The molecule has 1 fully saturated rings. The summed E-state index contributed by atoms with van der Waals surface area (Å²) in [4.78, 5) is 7.37. The number of para-hydroxylation sites is 2. The number of imidazole rings is 1. The van der Waals surface area contributed by atoms with Crippen LogP contribution in [0.1, 0.15) is 30.3 Å². The van der Waals surface area contributed by atoms with Crippen molar-refractivity contribution in [2.24, 2.45) is 7.05 Å². The topological polar surface area (TPSA) is 33.1 Å². The van der Waals surface area contributed by atoms with Crippen LogP contribution in [0.15, 0.2) is 54.6 Å². The van der Waals surface area contributed by atoms with Gasteiger partial charge in [0, 0.05) is 13.1 Å². The van der Waals surface area contributed by atoms with E-state index >= 15 is 0 Å². The number of piperidine rings is 1. The number of fused-ring (bicyclic) bond motifs is 1. The molecule has 1 aliphatic heterocycles. The molecule has 25 heavy (non-hydrogen) atoms. The van der Waals surface area contributed by atoms with E-state index in [1.54, 1.807) is 0 Å². The highest BCUT2D eigenvalue weighted by Gasteiger charge is 2.25. The second-order valence-electron chi connectivity index (χ2n) is 7.11. The first kappa shape index (κ1) is 16.3. The number of nitrogens with one attached hydrogen (secondary N) is 1. The predicted octanol–water partition coefficient (Wildman–Crippen LogP) is 3.35. The van der Waals surface area contributed by atoms with Gasteiger partial charge in [-0.1, -0.05) is 42.5 Å². The minimum Gasteiger partial charge on any atom is -0.330 e. The van der Waals surface area contributed by atoms with E-state index in [1.807, 2.05) is 0 Å². The molecule has 2 aromatic carbocycles. The molecule has 0 saturated carbocycles. The zero-order chi connectivity index (χ0) is 17.2. The fourth-order valence-electron chi connectivity index (χ4n) is 3.80. The third kappa shape index (κ3) is 3.32. The molecule has 1 aliphatic rings. The number of aryl methyl sites for hydroxylation is 1. The molecule has 1 aromatic heterocycles. The maximum Gasteiger partial charge on any atom is 0.131 e. The lowest BCUT2D eigenvalue weighted by atomic mass is 10.0. The number of likely N-dealkylation sites (tertiary alicyclic amines) is 1. The molecule has 1 saturated heterocycles. The summed E-state index contributed by atoms with van der Waals surface area (Å²) in [5.74, 6) is 1.09. The highest BCUT2D eigenvalue weighted by molar-refractivity contribution is 5.76. The van der Waals surface area contributed by atoms with Crippen molar-refractivity contribution in [2.75, 3.05) is 20.1 Å². The van der Waals surface area contributed by atoms with Crippen LogP contribution in [0, 0.1) is 0 Å². The number of hydrogen-bond acceptors (Lipinski definition) is 3. The molecule has 1 atom stereocenters. The van der Waals surface area contributed by atoms with E-state index < -0.39 is 0 Å². The zero-order valence-corrected chi connectivity index (χ0v) is 15.0. The van der Waals surface area contributed by atoms with Crippen LogP contribution in [0.4, 0.5) is 0 Å². The normalized spacial score (nSPS) is 17.8. The Hall–Kier alpha value is -2.17. The van der Waals surface area contributed by atoms with E-state index in [2.05, 4.69) is 83.5 Å². The van der Waals surface area contributed by atoms with E-state index in [-0.39, 0.29) is 6.04 Å². The molecular formula is C21H26N4. The van der Waals surface area contributed by atoms with Gasteiger partial charge < -0.3 is 14.8 Å². The number of benzene rings is 2. The summed E-state index contributed by atoms with van der Waals surface area (Å²) in [6.45, 7) is 2.31. The fraction of sp³-hybridized carbons (Fsp3) is 0.381. The molecule has 1 N–H and O–H groups in total. The molecule has 2 heterocycles. The summed E-state index contributed by atoms with van der Waals surface area (Å²) in [5.41, 5.74) is 3.52. The van der Waals surface area contributed by atoms with Crippen LogP contribution >= 0.6 is 0 Å². The van der Waals surface area contributed by atoms with Crippen molar-refractivity contribution in [3.8, 4) is 0 Å². The van der Waals surface area contributed by atoms with E-state index in [1.165, 1.54) is 23.9 Å². The summed E-state index contributed by atoms with van der Waals surface area (Å²) in [6, 6.07) is 19.7. The molecule has 0 amide bonds. The lowest BCUT2D eigenvalue weighted by Crippen LogP contribution is -2.43. The Labute approximate surface area is 149 Å². The molecule has 0 radical (unpaired) electrons. The van der Waals surface area contributed by atoms with Crippen molar-refractivity contribution in [2.45, 2.75) is 24.9 Å². The SMILES string of the molecule is CN1CCC(N[C@H](c2ccccc2)c2nc3ccccc3n2C)CC1. The van der Waals surface area contributed by atoms with Gasteiger partial charge in [0.1, 0.15) is 5.82 Å². The number of hydrogen-bond donors (Lipinski definition) is 1. The molecule has 0 unspecified atom stereocenters. The van der Waals surface area contributed by atoms with Gasteiger partial charge in [-0.05, 0) is 50.7 Å². The first-order chi connectivity index (χ1) is 12.2. The van der Waals surface area contributed by atoms with Gasteiger partial charge in [0.25, 0.3) is 0 Å². The van der Waals surface area contributed by atoms with Crippen LogP contribution in [0.25, 0.3) is 11.0 Å². The van der Waals surface area contributed by atoms with Gasteiger partial charge in [-0.2, -0.15) is 0 Å². The highest BCUT2D eigenvalue weighted by Crippen LogP contribution is 2.26. The molecule has 3 aromatic rings. The van der Waals surface area contributed by atoms with E-state index in [4.69, 9.17) is 4.98 Å². The summed E-state index contributed by atoms with van der Waals surface area (Å²) in [5, 5.41) is 3.90. The maximum atomic E-state index is 4.96. The Balaban J connectivity index is 1.70. The van der Waals surface area contributed by atoms with Crippen molar-refractivity contribution in [1.82, 2.24) is 19.8 Å². The smallest absolute Gasteiger partial charge is 0.131 e. The van der Waals surface area contributed by atoms with Crippen LogP contribution in [0.5, 0.6) is 0 Å². The van der Waals surface area contributed by atoms with Crippen LogP contribution in [-0.4, -0.2) is 40.6 Å². The number of nitrogens with zero attached hydrogens (tertiary/aromatic N) is 3. The quantitative estimate of drug-likeness (QED) is 0.794. The molecule has 4 heteroatoms. The van der Waals surface area contributed by atoms with Gasteiger partial charge in [-0.15, -0.1) is 0 Å². The Kier molecular flexibility index (Phi) is 4.55. The summed E-state index contributed by atoms with van der Waals surface area (Å²) >= 11 is 0. The first-order valence-corrected chi connectivity index (χ1v) is 9.13. The predicted molar refractivity (Wildman–Crippen MR) is 103 cm³/mol. The average molecular weight is 334 g/mol. The Morgan fingerprint density at radius 1 is 0.960 bits per heavy atom. The second-order valence-corrected chi connectivity index (χ2v) is 7.11. The van der Waals surface area contributed by atoms with Gasteiger partial charge in [0.15, 0.2) is 0 Å². The molecule has 4 rings (SSSR count). The molecular weight excluding hydrogens is 308 g/mol. The van der Waals surface area contributed by atoms with Gasteiger partial charge in [-0.25, -0.2) is 4.98 Å². The van der Waals surface area contributed by atoms with Gasteiger partial charge in [0.05, 0.1) is 17.1 Å². The van der Waals surface area contributed by atoms with Crippen LogP contribution in [0.2, 0.25) is 0 Å². The lowest BCUT2D eigenvalue weighted by Gasteiger charge is -2.32. The molecule has 0 bridgehead atoms. The summed E-state index contributed by atoms with van der Waals surface area (Å²) < 4.78 is 2.23. The minimum atomic E-state index is 0.118. The second kappa shape index (κ2) is 6.98. The molecule has 0 aliphatic carbocycles. The zero-order valence-electron chi connectivity index (χ0n) is 15.0. The Morgan fingerprint density at radius 3 is 2.36 bits per heavy atom. The van der Waals surface area contributed by atoms with E-state index in [9.17, 15) is 0 Å². The molecule has 130 valence electrons. The van der Waals surface area contributed by atoms with Crippen LogP contribution < -0.4 is 5.32 Å². The fourth-order valence-corrected chi connectivity index (χ4v) is 3.80. The van der Waals surface area contributed by atoms with Crippen molar-refractivity contribution >= 4 is 11.0 Å². The first-order valence-electron chi connectivity index (χ1n) is 9.13. The van der Waals surface area contributed by atoms with Crippen molar-refractivity contribution in [1.29, 1.82) is 0 Å².